The van der Waals surface area contributed by atoms with Gasteiger partial charge in [-0.25, -0.2) is 4.98 Å². The summed E-state index contributed by atoms with van der Waals surface area (Å²) in [6.45, 7) is 5.66. The van der Waals surface area contributed by atoms with Crippen LogP contribution in [0.3, 0.4) is 0 Å². The summed E-state index contributed by atoms with van der Waals surface area (Å²) in [4.78, 5) is 20.1. The molecule has 1 aromatic heterocycles. The van der Waals surface area contributed by atoms with Crippen LogP contribution in [0.4, 0.5) is 5.13 Å². The van der Waals surface area contributed by atoms with Gasteiger partial charge in [-0.2, -0.15) is 0 Å². The summed E-state index contributed by atoms with van der Waals surface area (Å²) in [6, 6.07) is 0.859. The van der Waals surface area contributed by atoms with Crippen molar-refractivity contribution in [3.63, 3.8) is 0 Å². The molecule has 6 nitrogen and oxygen atoms in total. The Morgan fingerprint density at radius 2 is 1.92 bits per heavy atom. The van der Waals surface area contributed by atoms with E-state index >= 15 is 0 Å². The van der Waals surface area contributed by atoms with Crippen LogP contribution in [0.1, 0.15) is 41.0 Å². The Bertz CT molecular complexity index is 620. The fourth-order valence-electron chi connectivity index (χ4n) is 4.23. The second-order valence-corrected chi connectivity index (χ2v) is 8.38. The molecule has 9 heteroatoms. The van der Waals surface area contributed by atoms with Crippen LogP contribution in [0.2, 0.25) is 0 Å². The summed E-state index contributed by atoms with van der Waals surface area (Å²) in [5.41, 5.74) is 6.47. The molecule has 3 N–H and O–H groups in total. The molecule has 3 fully saturated rings. The molecule has 2 saturated heterocycles. The van der Waals surface area contributed by atoms with Crippen molar-refractivity contribution in [3.8, 4) is 0 Å². The van der Waals surface area contributed by atoms with Crippen LogP contribution < -0.4 is 11.1 Å². The van der Waals surface area contributed by atoms with E-state index in [0.717, 1.165) is 50.8 Å². The van der Waals surface area contributed by atoms with E-state index in [-0.39, 0.29) is 36.8 Å². The third-order valence-electron chi connectivity index (χ3n) is 5.66. The fraction of sp³-hybridized carbons (Fsp3) is 0.765. The first-order chi connectivity index (χ1) is 11.6. The van der Waals surface area contributed by atoms with Crippen LogP contribution in [0.5, 0.6) is 0 Å². The molecular formula is C17H28Cl2N4O2S. The molecule has 0 radical (unpaired) electrons. The molecule has 26 heavy (non-hydrogen) atoms. The van der Waals surface area contributed by atoms with Crippen LogP contribution in [-0.2, 0) is 4.74 Å². The maximum Gasteiger partial charge on any atom is 0.263 e. The number of amides is 1. The number of nitrogens with two attached hydrogens (primary N) is 1. The van der Waals surface area contributed by atoms with Crippen LogP contribution in [0, 0.1) is 18.8 Å². The first-order valence-electron chi connectivity index (χ1n) is 8.97. The van der Waals surface area contributed by atoms with Gasteiger partial charge in [0.2, 0.25) is 0 Å². The van der Waals surface area contributed by atoms with E-state index in [1.54, 1.807) is 0 Å². The molecule has 0 bridgehead atoms. The van der Waals surface area contributed by atoms with Gasteiger partial charge < -0.3 is 15.8 Å². The van der Waals surface area contributed by atoms with Crippen molar-refractivity contribution in [2.24, 2.45) is 11.8 Å². The lowest BCUT2D eigenvalue weighted by Crippen LogP contribution is -2.43. The van der Waals surface area contributed by atoms with E-state index in [9.17, 15) is 4.79 Å². The molecule has 0 spiro atoms. The lowest BCUT2D eigenvalue weighted by Gasteiger charge is -2.31. The number of nitrogen functional groups attached to an aromatic ring is 1. The Morgan fingerprint density at radius 3 is 2.50 bits per heavy atom. The Balaban J connectivity index is 0.00000121. The summed E-state index contributed by atoms with van der Waals surface area (Å²) in [5, 5.41) is 3.76. The van der Waals surface area contributed by atoms with Crippen molar-refractivity contribution >= 4 is 47.2 Å². The zero-order valence-corrected chi connectivity index (χ0v) is 17.4. The van der Waals surface area contributed by atoms with Gasteiger partial charge in [0.25, 0.3) is 5.91 Å². The van der Waals surface area contributed by atoms with Crippen molar-refractivity contribution in [2.45, 2.75) is 44.7 Å². The normalized spacial score (nSPS) is 26.8. The number of carbonyl (C=O) groups excluding carboxylic acids is 1. The van der Waals surface area contributed by atoms with Gasteiger partial charge in [0.05, 0.1) is 5.69 Å². The standard InChI is InChI=1S/C17H26N4O2S.2ClH/c1-10-15(24-17(18)19-10)16(22)20-14-9-21(8-13(14)11-2-3-11)12-4-6-23-7-5-12;;/h11-14H,2-9H2,1H3,(H2,18,19)(H,20,22);2*1H/t13-,14+;;/m1../s1. The Morgan fingerprint density at radius 1 is 1.23 bits per heavy atom. The average molecular weight is 423 g/mol. The number of hydrogen-bond acceptors (Lipinski definition) is 6. The minimum absolute atomic E-state index is 0. The number of halogens is 2. The Hall–Kier alpha value is -0.600. The fourth-order valence-corrected chi connectivity index (χ4v) is 4.96. The highest BCUT2D eigenvalue weighted by molar-refractivity contribution is 7.17. The number of aryl methyl sites for hydroxylation is 1. The molecule has 1 amide bonds. The number of thiazole rings is 1. The topological polar surface area (TPSA) is 80.5 Å². The van der Waals surface area contributed by atoms with Crippen molar-refractivity contribution in [2.75, 3.05) is 32.0 Å². The van der Waals surface area contributed by atoms with Gasteiger partial charge in [-0.1, -0.05) is 11.3 Å². The van der Waals surface area contributed by atoms with E-state index < -0.39 is 0 Å². The third-order valence-corrected chi connectivity index (χ3v) is 6.65. The SMILES string of the molecule is Cc1nc(N)sc1C(=O)N[C@H]1CN(C2CCOCC2)C[C@@H]1C1CC1.Cl.Cl. The first-order valence-corrected chi connectivity index (χ1v) is 9.79. The maximum absolute atomic E-state index is 12.7. The molecule has 148 valence electrons. The second-order valence-electron chi connectivity index (χ2n) is 7.35. The summed E-state index contributed by atoms with van der Waals surface area (Å²) < 4.78 is 5.50. The van der Waals surface area contributed by atoms with E-state index in [2.05, 4.69) is 15.2 Å². The van der Waals surface area contributed by atoms with Crippen LogP contribution >= 0.6 is 36.2 Å². The van der Waals surface area contributed by atoms with Gasteiger partial charge in [0, 0.05) is 38.4 Å². The molecule has 3 aliphatic rings. The Labute approximate surface area is 171 Å². The number of anilines is 1. The van der Waals surface area contributed by atoms with Crippen molar-refractivity contribution in [3.05, 3.63) is 10.6 Å². The molecule has 2 aliphatic heterocycles. The summed E-state index contributed by atoms with van der Waals surface area (Å²) in [7, 11) is 0. The van der Waals surface area contributed by atoms with Crippen molar-refractivity contribution in [1.29, 1.82) is 0 Å². The molecule has 3 heterocycles. The largest absolute Gasteiger partial charge is 0.381 e. The molecule has 2 atom stereocenters. The quantitative estimate of drug-likeness (QED) is 0.778. The minimum atomic E-state index is -0.00817. The molecule has 0 aromatic carbocycles. The average Bonchev–Trinajstić information content (AvgIpc) is 3.25. The smallest absolute Gasteiger partial charge is 0.263 e. The van der Waals surface area contributed by atoms with Gasteiger partial charge in [-0.3, -0.25) is 9.69 Å². The lowest BCUT2D eigenvalue weighted by atomic mass is 9.98. The first kappa shape index (κ1) is 21.7. The lowest BCUT2D eigenvalue weighted by molar-refractivity contribution is 0.0404. The highest BCUT2D eigenvalue weighted by Gasteiger charge is 2.44. The van der Waals surface area contributed by atoms with Gasteiger partial charge in [-0.05, 0) is 44.4 Å². The second kappa shape index (κ2) is 9.06. The molecule has 1 saturated carbocycles. The molecule has 1 aromatic rings. The molecular weight excluding hydrogens is 395 g/mol. The predicted molar refractivity (Wildman–Crippen MR) is 109 cm³/mol. The third kappa shape index (κ3) is 4.62. The van der Waals surface area contributed by atoms with Crippen LogP contribution in [-0.4, -0.2) is 54.2 Å². The number of aromatic nitrogens is 1. The summed E-state index contributed by atoms with van der Waals surface area (Å²) in [5.74, 6) is 1.36. The zero-order valence-electron chi connectivity index (χ0n) is 15.0. The van der Waals surface area contributed by atoms with Gasteiger partial charge >= 0.3 is 0 Å². The van der Waals surface area contributed by atoms with Crippen molar-refractivity contribution in [1.82, 2.24) is 15.2 Å². The van der Waals surface area contributed by atoms with Gasteiger partial charge in [-0.15, -0.1) is 24.8 Å². The van der Waals surface area contributed by atoms with E-state index in [1.807, 2.05) is 6.92 Å². The number of ether oxygens (including phenoxy) is 1. The van der Waals surface area contributed by atoms with E-state index in [4.69, 9.17) is 10.5 Å². The zero-order chi connectivity index (χ0) is 16.7. The molecule has 1 aliphatic carbocycles. The predicted octanol–water partition coefficient (Wildman–Crippen LogP) is 2.50. The van der Waals surface area contributed by atoms with Crippen molar-refractivity contribution < 1.29 is 9.53 Å². The summed E-state index contributed by atoms with van der Waals surface area (Å²) >= 11 is 1.28. The van der Waals surface area contributed by atoms with Gasteiger partial charge in [0.1, 0.15) is 4.88 Å². The monoisotopic (exact) mass is 422 g/mol. The summed E-state index contributed by atoms with van der Waals surface area (Å²) in [6.07, 6.45) is 4.85. The maximum atomic E-state index is 12.7. The highest BCUT2D eigenvalue weighted by atomic mass is 35.5. The highest BCUT2D eigenvalue weighted by Crippen LogP contribution is 2.42. The number of hydrogen-bond donors (Lipinski definition) is 2. The molecule has 4 rings (SSSR count). The number of carbonyl (C=O) groups is 1. The van der Waals surface area contributed by atoms with Crippen LogP contribution in [0.25, 0.3) is 0 Å². The number of nitrogens with zero attached hydrogens (tertiary/aromatic N) is 2. The molecule has 0 unspecified atom stereocenters. The number of nitrogens with one attached hydrogen (secondary N) is 1. The van der Waals surface area contributed by atoms with Crippen LogP contribution in [0.15, 0.2) is 0 Å². The Kier molecular flexibility index (Phi) is 7.56. The van der Waals surface area contributed by atoms with Gasteiger partial charge in [0.15, 0.2) is 5.13 Å². The minimum Gasteiger partial charge on any atom is -0.381 e. The number of rotatable bonds is 4. The van der Waals surface area contributed by atoms with E-state index in [1.165, 1.54) is 24.2 Å². The van der Waals surface area contributed by atoms with E-state index in [0.29, 0.717) is 22.0 Å². The number of likely N-dealkylation sites (tertiary alicyclic amines) is 1.